The first-order valence-electron chi connectivity index (χ1n) is 7.87. The third kappa shape index (κ3) is 2.43. The third-order valence-corrected chi connectivity index (χ3v) is 5.51. The third-order valence-electron chi connectivity index (χ3n) is 5.51. The molecule has 0 aromatic carbocycles. The first-order valence-corrected chi connectivity index (χ1v) is 7.87. The molecule has 2 saturated heterocycles. The summed E-state index contributed by atoms with van der Waals surface area (Å²) < 4.78 is 0. The summed E-state index contributed by atoms with van der Waals surface area (Å²) in [5.74, 6) is 0.831. The number of hydrogen-bond acceptors (Lipinski definition) is 3. The van der Waals surface area contributed by atoms with Gasteiger partial charge in [-0.3, -0.25) is 9.59 Å². The second-order valence-electron chi connectivity index (χ2n) is 6.58. The van der Waals surface area contributed by atoms with Crippen LogP contribution in [0.1, 0.15) is 32.1 Å². The molecule has 2 aliphatic heterocycles. The molecule has 20 heavy (non-hydrogen) atoms. The van der Waals surface area contributed by atoms with Gasteiger partial charge in [0.2, 0.25) is 11.8 Å². The minimum absolute atomic E-state index is 0.0936. The highest BCUT2D eigenvalue weighted by atomic mass is 16.2. The fraction of sp³-hybridized carbons (Fsp3) is 0.867. The predicted octanol–water partition coefficient (Wildman–Crippen LogP) is 0.361. The van der Waals surface area contributed by atoms with Crippen LogP contribution >= 0.6 is 0 Å². The molecular weight excluding hydrogens is 254 g/mol. The van der Waals surface area contributed by atoms with Gasteiger partial charge in [-0.05, 0) is 50.6 Å². The summed E-state index contributed by atoms with van der Waals surface area (Å²) in [7, 11) is 1.69. The predicted molar refractivity (Wildman–Crippen MR) is 76.0 cm³/mol. The number of rotatable bonds is 2. The van der Waals surface area contributed by atoms with Crippen molar-refractivity contribution in [1.29, 1.82) is 0 Å². The van der Waals surface area contributed by atoms with E-state index in [-0.39, 0.29) is 17.7 Å². The summed E-state index contributed by atoms with van der Waals surface area (Å²) in [5.41, 5.74) is 0.319. The van der Waals surface area contributed by atoms with Crippen molar-refractivity contribution in [3.05, 3.63) is 0 Å². The maximum atomic E-state index is 12.6. The molecule has 1 spiro atoms. The van der Waals surface area contributed by atoms with E-state index in [1.165, 1.54) is 0 Å². The Morgan fingerprint density at radius 1 is 1.20 bits per heavy atom. The lowest BCUT2D eigenvalue weighted by Crippen LogP contribution is -2.44. The fourth-order valence-electron chi connectivity index (χ4n) is 3.96. The number of hydrogen-bond donors (Lipinski definition) is 2. The van der Waals surface area contributed by atoms with E-state index < -0.39 is 0 Å². The Kier molecular flexibility index (Phi) is 3.71. The molecule has 5 heteroatoms. The summed E-state index contributed by atoms with van der Waals surface area (Å²) >= 11 is 0. The van der Waals surface area contributed by atoms with Crippen molar-refractivity contribution in [2.75, 3.05) is 33.2 Å². The summed E-state index contributed by atoms with van der Waals surface area (Å²) in [6, 6.07) is 0. The van der Waals surface area contributed by atoms with Crippen LogP contribution in [0.4, 0.5) is 0 Å². The average molecular weight is 279 g/mol. The number of likely N-dealkylation sites (tertiary alicyclic amines) is 1. The van der Waals surface area contributed by atoms with Crippen LogP contribution in [-0.4, -0.2) is 49.9 Å². The highest BCUT2D eigenvalue weighted by Gasteiger charge is 2.58. The van der Waals surface area contributed by atoms with Gasteiger partial charge in [-0.25, -0.2) is 0 Å². The van der Waals surface area contributed by atoms with Crippen molar-refractivity contribution in [3.63, 3.8) is 0 Å². The standard InChI is InChI=1S/C15H25N3O2/c1-16-13(19)11-2-8-18(9-3-11)14(20)12-10-15(12)4-6-17-7-5-15/h11-12,17H,2-10H2,1H3,(H,16,19). The molecule has 2 amide bonds. The lowest BCUT2D eigenvalue weighted by molar-refractivity contribution is -0.137. The molecule has 5 nitrogen and oxygen atoms in total. The van der Waals surface area contributed by atoms with E-state index in [0.29, 0.717) is 11.3 Å². The molecule has 3 rings (SSSR count). The minimum atomic E-state index is 0.0936. The highest BCUT2D eigenvalue weighted by Crippen LogP contribution is 2.59. The monoisotopic (exact) mass is 279 g/mol. The lowest BCUT2D eigenvalue weighted by atomic mass is 9.90. The number of carbonyl (C=O) groups excluding carboxylic acids is 2. The van der Waals surface area contributed by atoms with Crippen molar-refractivity contribution in [2.45, 2.75) is 32.1 Å². The Balaban J connectivity index is 1.51. The summed E-state index contributed by atoms with van der Waals surface area (Å²) in [6.07, 6.45) is 5.01. The van der Waals surface area contributed by atoms with Crippen LogP contribution in [0.2, 0.25) is 0 Å². The molecule has 3 fully saturated rings. The van der Waals surface area contributed by atoms with Gasteiger partial charge < -0.3 is 15.5 Å². The van der Waals surface area contributed by atoms with E-state index in [4.69, 9.17) is 0 Å². The molecule has 1 aliphatic carbocycles. The topological polar surface area (TPSA) is 61.4 Å². The van der Waals surface area contributed by atoms with Crippen molar-refractivity contribution in [1.82, 2.24) is 15.5 Å². The van der Waals surface area contributed by atoms with Gasteiger partial charge in [0, 0.05) is 32.0 Å². The normalized spacial score (nSPS) is 29.2. The molecule has 1 atom stereocenters. The molecular formula is C15H25N3O2. The average Bonchev–Trinajstić information content (AvgIpc) is 3.19. The van der Waals surface area contributed by atoms with Gasteiger partial charge in [-0.15, -0.1) is 0 Å². The summed E-state index contributed by atoms with van der Waals surface area (Å²) in [4.78, 5) is 26.2. The first kappa shape index (κ1) is 13.9. The lowest BCUT2D eigenvalue weighted by Gasteiger charge is -2.32. The zero-order valence-electron chi connectivity index (χ0n) is 12.3. The molecule has 1 saturated carbocycles. The Labute approximate surface area is 120 Å². The van der Waals surface area contributed by atoms with Crippen LogP contribution in [0.5, 0.6) is 0 Å². The molecule has 0 aromatic rings. The summed E-state index contributed by atoms with van der Waals surface area (Å²) in [5, 5.41) is 6.09. The minimum Gasteiger partial charge on any atom is -0.359 e. The first-order chi connectivity index (χ1) is 9.66. The maximum Gasteiger partial charge on any atom is 0.226 e. The van der Waals surface area contributed by atoms with Gasteiger partial charge in [0.15, 0.2) is 0 Å². The molecule has 3 aliphatic rings. The van der Waals surface area contributed by atoms with E-state index >= 15 is 0 Å². The molecule has 2 N–H and O–H groups in total. The van der Waals surface area contributed by atoms with Gasteiger partial charge in [-0.1, -0.05) is 0 Å². The van der Waals surface area contributed by atoms with Crippen molar-refractivity contribution in [3.8, 4) is 0 Å². The van der Waals surface area contributed by atoms with Gasteiger partial charge in [0.1, 0.15) is 0 Å². The van der Waals surface area contributed by atoms with Crippen LogP contribution in [0, 0.1) is 17.3 Å². The Morgan fingerprint density at radius 3 is 2.45 bits per heavy atom. The molecule has 1 unspecified atom stereocenters. The molecule has 0 aromatic heterocycles. The zero-order valence-corrected chi connectivity index (χ0v) is 12.3. The zero-order chi connectivity index (χ0) is 14.2. The number of carbonyl (C=O) groups is 2. The van der Waals surface area contributed by atoms with Gasteiger partial charge in [-0.2, -0.15) is 0 Å². The van der Waals surface area contributed by atoms with Crippen LogP contribution < -0.4 is 10.6 Å². The quantitative estimate of drug-likeness (QED) is 0.767. The second kappa shape index (κ2) is 5.35. The van der Waals surface area contributed by atoms with E-state index in [0.717, 1.165) is 58.3 Å². The summed E-state index contributed by atoms with van der Waals surface area (Å²) in [6.45, 7) is 3.62. The Morgan fingerprint density at radius 2 is 1.85 bits per heavy atom. The van der Waals surface area contributed by atoms with E-state index in [1.807, 2.05) is 4.90 Å². The van der Waals surface area contributed by atoms with Crippen LogP contribution in [-0.2, 0) is 9.59 Å². The SMILES string of the molecule is CNC(=O)C1CCN(C(=O)C2CC23CCNCC3)CC1. The van der Waals surface area contributed by atoms with E-state index in [2.05, 4.69) is 10.6 Å². The fourth-order valence-corrected chi connectivity index (χ4v) is 3.96. The Bertz CT molecular complexity index is 396. The molecule has 2 heterocycles. The number of nitrogens with one attached hydrogen (secondary N) is 2. The van der Waals surface area contributed by atoms with E-state index in [9.17, 15) is 9.59 Å². The van der Waals surface area contributed by atoms with Gasteiger partial charge in [0.05, 0.1) is 0 Å². The number of amides is 2. The maximum absolute atomic E-state index is 12.6. The molecule has 112 valence electrons. The van der Waals surface area contributed by atoms with E-state index in [1.54, 1.807) is 7.05 Å². The smallest absolute Gasteiger partial charge is 0.226 e. The molecule has 0 bridgehead atoms. The van der Waals surface area contributed by atoms with Crippen molar-refractivity contribution >= 4 is 11.8 Å². The Hall–Kier alpha value is -1.10. The van der Waals surface area contributed by atoms with Crippen molar-refractivity contribution in [2.24, 2.45) is 17.3 Å². The van der Waals surface area contributed by atoms with Crippen LogP contribution in [0.25, 0.3) is 0 Å². The highest BCUT2D eigenvalue weighted by molar-refractivity contribution is 5.83. The number of nitrogens with zero attached hydrogens (tertiary/aromatic N) is 1. The largest absolute Gasteiger partial charge is 0.359 e. The second-order valence-corrected chi connectivity index (χ2v) is 6.58. The van der Waals surface area contributed by atoms with Crippen molar-refractivity contribution < 1.29 is 9.59 Å². The van der Waals surface area contributed by atoms with Gasteiger partial charge in [0.25, 0.3) is 0 Å². The van der Waals surface area contributed by atoms with Crippen LogP contribution in [0.3, 0.4) is 0 Å². The number of piperidine rings is 2. The van der Waals surface area contributed by atoms with Crippen LogP contribution in [0.15, 0.2) is 0 Å². The molecule has 0 radical (unpaired) electrons. The van der Waals surface area contributed by atoms with Gasteiger partial charge >= 0.3 is 0 Å².